The third-order valence-corrected chi connectivity index (χ3v) is 1.73. The third kappa shape index (κ3) is 2.81. The first-order valence-electron chi connectivity index (χ1n) is 4.34. The molecular weight excluding hydrogens is 200 g/mol. The Hall–Kier alpha value is -1.82. The average molecular weight is 212 g/mol. The van der Waals surface area contributed by atoms with Crippen LogP contribution in [0.15, 0.2) is 18.2 Å². The Labute approximate surface area is 86.7 Å². The van der Waals surface area contributed by atoms with Crippen molar-refractivity contribution in [3.63, 3.8) is 0 Å². The van der Waals surface area contributed by atoms with Crippen molar-refractivity contribution in [2.45, 2.75) is 0 Å². The Kier molecular flexibility index (Phi) is 3.87. The summed E-state index contributed by atoms with van der Waals surface area (Å²) in [6.45, 7) is 0.628. The second-order valence-corrected chi connectivity index (χ2v) is 2.73. The molecule has 1 aromatic carbocycles. The number of rotatable bonds is 5. The number of methoxy groups -OCH3 is 1. The normalized spacial score (nSPS) is 9.73. The van der Waals surface area contributed by atoms with Crippen LogP contribution in [-0.4, -0.2) is 25.2 Å². The van der Waals surface area contributed by atoms with E-state index in [1.54, 1.807) is 0 Å². The highest BCUT2D eigenvalue weighted by Gasteiger charge is 2.11. The van der Waals surface area contributed by atoms with E-state index in [1.807, 2.05) is 0 Å². The van der Waals surface area contributed by atoms with Crippen molar-refractivity contribution in [3.05, 3.63) is 28.3 Å². The van der Waals surface area contributed by atoms with Gasteiger partial charge in [0.2, 0.25) is 0 Å². The topological polar surface area (TPSA) is 87.6 Å². The molecule has 6 nitrogen and oxygen atoms in total. The molecule has 0 saturated heterocycles. The van der Waals surface area contributed by atoms with E-state index in [4.69, 9.17) is 15.2 Å². The van der Waals surface area contributed by atoms with Crippen molar-refractivity contribution < 1.29 is 14.4 Å². The van der Waals surface area contributed by atoms with Gasteiger partial charge in [0, 0.05) is 12.6 Å². The summed E-state index contributed by atoms with van der Waals surface area (Å²) in [5, 5.41) is 10.5. The fourth-order valence-corrected chi connectivity index (χ4v) is 1.06. The van der Waals surface area contributed by atoms with E-state index in [9.17, 15) is 10.1 Å². The van der Waals surface area contributed by atoms with Crippen LogP contribution in [0.1, 0.15) is 0 Å². The summed E-state index contributed by atoms with van der Waals surface area (Å²) < 4.78 is 10.2. The minimum Gasteiger partial charge on any atom is -0.493 e. The molecule has 82 valence electrons. The zero-order valence-corrected chi connectivity index (χ0v) is 8.30. The Morgan fingerprint density at radius 3 is 2.73 bits per heavy atom. The van der Waals surface area contributed by atoms with Crippen molar-refractivity contribution in [3.8, 4) is 11.5 Å². The predicted molar refractivity (Wildman–Crippen MR) is 54.2 cm³/mol. The van der Waals surface area contributed by atoms with Crippen molar-refractivity contribution in [1.29, 1.82) is 0 Å². The van der Waals surface area contributed by atoms with Crippen LogP contribution >= 0.6 is 0 Å². The lowest BCUT2D eigenvalue weighted by molar-refractivity contribution is -0.385. The summed E-state index contributed by atoms with van der Waals surface area (Å²) in [5.74, 6) is 0.784. The molecule has 0 fully saturated rings. The van der Waals surface area contributed by atoms with Crippen LogP contribution in [0, 0.1) is 10.1 Å². The van der Waals surface area contributed by atoms with Gasteiger partial charge in [-0.15, -0.1) is 0 Å². The van der Waals surface area contributed by atoms with Gasteiger partial charge in [0.05, 0.1) is 18.1 Å². The number of nitro benzene ring substituents is 1. The molecule has 0 atom stereocenters. The smallest absolute Gasteiger partial charge is 0.273 e. The average Bonchev–Trinajstić information content (AvgIpc) is 2.25. The lowest BCUT2D eigenvalue weighted by Gasteiger charge is -2.08. The molecule has 1 aromatic rings. The molecule has 0 aromatic heterocycles. The first-order chi connectivity index (χ1) is 7.19. The van der Waals surface area contributed by atoms with Crippen LogP contribution < -0.4 is 15.2 Å². The van der Waals surface area contributed by atoms with E-state index in [1.165, 1.54) is 25.3 Å². The van der Waals surface area contributed by atoms with Crippen LogP contribution in [-0.2, 0) is 0 Å². The van der Waals surface area contributed by atoms with E-state index in [-0.39, 0.29) is 12.3 Å². The molecule has 0 heterocycles. The molecule has 15 heavy (non-hydrogen) atoms. The van der Waals surface area contributed by atoms with E-state index < -0.39 is 4.92 Å². The molecule has 1 rings (SSSR count). The molecule has 0 aliphatic carbocycles. The Morgan fingerprint density at radius 1 is 1.47 bits per heavy atom. The maximum absolute atomic E-state index is 10.5. The van der Waals surface area contributed by atoms with Gasteiger partial charge in [-0.25, -0.2) is 0 Å². The van der Waals surface area contributed by atoms with Crippen LogP contribution in [0.5, 0.6) is 11.5 Å². The summed E-state index contributed by atoms with van der Waals surface area (Å²) in [6.07, 6.45) is 0. The minimum absolute atomic E-state index is 0.0391. The fourth-order valence-electron chi connectivity index (χ4n) is 1.06. The fraction of sp³-hybridized carbons (Fsp3) is 0.333. The Morgan fingerprint density at radius 2 is 2.20 bits per heavy atom. The summed E-state index contributed by atoms with van der Waals surface area (Å²) in [6, 6.07) is 4.16. The molecule has 6 heteroatoms. The first kappa shape index (κ1) is 11.3. The molecular formula is C9H12N2O4. The molecule has 0 unspecified atom stereocenters. The van der Waals surface area contributed by atoms with E-state index in [0.717, 1.165) is 0 Å². The largest absolute Gasteiger partial charge is 0.493 e. The number of nitrogens with zero attached hydrogens (tertiary/aromatic N) is 1. The molecule has 0 amide bonds. The number of nitro groups is 1. The van der Waals surface area contributed by atoms with Crippen molar-refractivity contribution in [1.82, 2.24) is 0 Å². The molecule has 0 spiro atoms. The van der Waals surface area contributed by atoms with E-state index in [0.29, 0.717) is 18.0 Å². The second kappa shape index (κ2) is 5.16. The molecule has 0 radical (unpaired) electrons. The summed E-state index contributed by atoms with van der Waals surface area (Å²) in [4.78, 5) is 10.0. The highest BCUT2D eigenvalue weighted by atomic mass is 16.6. The first-order valence-corrected chi connectivity index (χ1v) is 4.34. The van der Waals surface area contributed by atoms with Gasteiger partial charge in [-0.3, -0.25) is 10.1 Å². The maximum atomic E-state index is 10.5. The lowest BCUT2D eigenvalue weighted by atomic mass is 10.3. The second-order valence-electron chi connectivity index (χ2n) is 2.73. The monoisotopic (exact) mass is 212 g/mol. The summed E-state index contributed by atoms with van der Waals surface area (Å²) in [7, 11) is 1.47. The Bertz CT molecular complexity index is 354. The molecule has 0 aliphatic heterocycles. The van der Waals surface area contributed by atoms with Crippen molar-refractivity contribution >= 4 is 5.69 Å². The number of ether oxygens (including phenoxy) is 2. The van der Waals surface area contributed by atoms with Crippen molar-refractivity contribution in [2.75, 3.05) is 20.3 Å². The third-order valence-electron chi connectivity index (χ3n) is 1.73. The van der Waals surface area contributed by atoms with Crippen molar-refractivity contribution in [2.24, 2.45) is 5.73 Å². The summed E-state index contributed by atoms with van der Waals surface area (Å²) in [5.41, 5.74) is 5.23. The molecule has 0 aliphatic rings. The summed E-state index contributed by atoms with van der Waals surface area (Å²) >= 11 is 0. The van der Waals surface area contributed by atoms with Crippen LogP contribution in [0.4, 0.5) is 5.69 Å². The van der Waals surface area contributed by atoms with Gasteiger partial charge in [-0.2, -0.15) is 0 Å². The van der Waals surface area contributed by atoms with Crippen LogP contribution in [0.25, 0.3) is 0 Å². The van der Waals surface area contributed by atoms with Gasteiger partial charge in [0.1, 0.15) is 6.61 Å². The van der Waals surface area contributed by atoms with Gasteiger partial charge in [-0.1, -0.05) is 0 Å². The molecule has 0 bridgehead atoms. The number of hydrogen-bond donors (Lipinski definition) is 1. The quantitative estimate of drug-likeness (QED) is 0.579. The minimum atomic E-state index is -0.491. The number of benzene rings is 1. The molecule has 0 saturated carbocycles. The van der Waals surface area contributed by atoms with Gasteiger partial charge in [0.25, 0.3) is 5.69 Å². The van der Waals surface area contributed by atoms with E-state index in [2.05, 4.69) is 0 Å². The van der Waals surface area contributed by atoms with Gasteiger partial charge in [-0.05, 0) is 6.07 Å². The van der Waals surface area contributed by atoms with Gasteiger partial charge < -0.3 is 15.2 Å². The Balaban J connectivity index is 2.96. The van der Waals surface area contributed by atoms with Crippen LogP contribution in [0.3, 0.4) is 0 Å². The zero-order valence-electron chi connectivity index (χ0n) is 8.30. The standard InChI is InChI=1S/C9H12N2O4/c1-14-8-3-2-7(11(12)13)6-9(8)15-5-4-10/h2-3,6H,4-5,10H2,1H3. The van der Waals surface area contributed by atoms with Gasteiger partial charge >= 0.3 is 0 Å². The maximum Gasteiger partial charge on any atom is 0.273 e. The van der Waals surface area contributed by atoms with Gasteiger partial charge in [0.15, 0.2) is 11.5 Å². The number of non-ortho nitro benzene ring substituents is 1. The number of nitrogens with two attached hydrogens (primary N) is 1. The number of hydrogen-bond acceptors (Lipinski definition) is 5. The highest BCUT2D eigenvalue weighted by molar-refractivity contribution is 5.48. The van der Waals surface area contributed by atoms with E-state index >= 15 is 0 Å². The SMILES string of the molecule is COc1ccc([N+](=O)[O-])cc1OCCN. The lowest BCUT2D eigenvalue weighted by Crippen LogP contribution is -2.11. The molecule has 2 N–H and O–H groups in total. The van der Waals surface area contributed by atoms with Crippen LogP contribution in [0.2, 0.25) is 0 Å². The predicted octanol–water partition coefficient (Wildman–Crippen LogP) is 0.941. The zero-order chi connectivity index (χ0) is 11.3. The highest BCUT2D eigenvalue weighted by Crippen LogP contribution is 2.30.